The van der Waals surface area contributed by atoms with Gasteiger partial charge in [0, 0.05) is 31.4 Å². The van der Waals surface area contributed by atoms with Crippen molar-refractivity contribution in [3.63, 3.8) is 0 Å². The second-order valence-electron chi connectivity index (χ2n) is 6.78. The Morgan fingerprint density at radius 3 is 2.62 bits per heavy atom. The van der Waals surface area contributed by atoms with E-state index in [1.165, 1.54) is 69.7 Å². The molecule has 0 bridgehead atoms. The Balaban J connectivity index is 1.42. The number of aryl methyl sites for hydroxylation is 1. The van der Waals surface area contributed by atoms with Crippen molar-refractivity contribution in [2.24, 2.45) is 5.92 Å². The van der Waals surface area contributed by atoms with Crippen LogP contribution in [0, 0.1) is 12.8 Å². The second kappa shape index (κ2) is 7.28. The van der Waals surface area contributed by atoms with Crippen molar-refractivity contribution >= 4 is 5.69 Å². The molecule has 2 saturated heterocycles. The number of nitrogens with zero attached hydrogens (tertiary/aromatic N) is 1. The van der Waals surface area contributed by atoms with E-state index in [0.29, 0.717) is 6.04 Å². The SMILES string of the molecule is Cc1cccc(NC2CCN(CC3CCNCC3)CC2)c1. The molecular weight excluding hydrogens is 258 g/mol. The van der Waals surface area contributed by atoms with Crippen LogP contribution in [-0.2, 0) is 0 Å². The number of anilines is 1. The topological polar surface area (TPSA) is 27.3 Å². The molecule has 0 amide bonds. The fourth-order valence-electron chi connectivity index (χ4n) is 3.66. The molecule has 0 radical (unpaired) electrons. The van der Waals surface area contributed by atoms with Crippen LogP contribution in [-0.4, -0.2) is 43.7 Å². The molecule has 3 nitrogen and oxygen atoms in total. The van der Waals surface area contributed by atoms with Crippen LogP contribution in [0.25, 0.3) is 0 Å². The van der Waals surface area contributed by atoms with E-state index in [2.05, 4.69) is 46.7 Å². The standard InChI is InChI=1S/C18H29N3/c1-15-3-2-4-18(13-15)20-17-7-11-21(12-8-17)14-16-5-9-19-10-6-16/h2-4,13,16-17,19-20H,5-12,14H2,1H3. The number of rotatable bonds is 4. The summed E-state index contributed by atoms with van der Waals surface area (Å²) in [5, 5.41) is 7.17. The highest BCUT2D eigenvalue weighted by atomic mass is 15.1. The number of likely N-dealkylation sites (tertiary alicyclic amines) is 1. The zero-order valence-electron chi connectivity index (χ0n) is 13.3. The predicted molar refractivity (Wildman–Crippen MR) is 89.9 cm³/mol. The van der Waals surface area contributed by atoms with Crippen molar-refractivity contribution in [2.75, 3.05) is 38.0 Å². The third-order valence-electron chi connectivity index (χ3n) is 4.95. The lowest BCUT2D eigenvalue weighted by molar-refractivity contribution is 0.171. The minimum atomic E-state index is 0.649. The molecule has 2 aliphatic heterocycles. The number of nitrogens with one attached hydrogen (secondary N) is 2. The van der Waals surface area contributed by atoms with Gasteiger partial charge >= 0.3 is 0 Å². The van der Waals surface area contributed by atoms with Crippen LogP contribution in [0.2, 0.25) is 0 Å². The van der Waals surface area contributed by atoms with Crippen molar-refractivity contribution in [3.05, 3.63) is 29.8 Å². The highest BCUT2D eigenvalue weighted by Crippen LogP contribution is 2.20. The summed E-state index contributed by atoms with van der Waals surface area (Å²) in [6.07, 6.45) is 5.28. The summed E-state index contributed by atoms with van der Waals surface area (Å²) >= 11 is 0. The fourth-order valence-corrected chi connectivity index (χ4v) is 3.66. The van der Waals surface area contributed by atoms with Gasteiger partial charge in [0.1, 0.15) is 0 Å². The van der Waals surface area contributed by atoms with Crippen molar-refractivity contribution in [3.8, 4) is 0 Å². The molecule has 116 valence electrons. The Labute approximate surface area is 129 Å². The van der Waals surface area contributed by atoms with E-state index < -0.39 is 0 Å². The largest absolute Gasteiger partial charge is 0.382 e. The molecular formula is C18H29N3. The fraction of sp³-hybridized carbons (Fsp3) is 0.667. The molecule has 3 heteroatoms. The van der Waals surface area contributed by atoms with Crippen LogP contribution >= 0.6 is 0 Å². The average molecular weight is 287 g/mol. The Hall–Kier alpha value is -1.06. The Kier molecular flexibility index (Phi) is 5.15. The normalized spacial score (nSPS) is 22.3. The van der Waals surface area contributed by atoms with Gasteiger partial charge in [0.05, 0.1) is 0 Å². The van der Waals surface area contributed by atoms with Crippen molar-refractivity contribution in [1.82, 2.24) is 10.2 Å². The summed E-state index contributed by atoms with van der Waals surface area (Å²) in [5.74, 6) is 0.924. The molecule has 2 aliphatic rings. The number of benzene rings is 1. The van der Waals surface area contributed by atoms with Gasteiger partial charge in [-0.1, -0.05) is 12.1 Å². The monoisotopic (exact) mass is 287 g/mol. The smallest absolute Gasteiger partial charge is 0.0344 e. The number of hydrogen-bond acceptors (Lipinski definition) is 3. The van der Waals surface area contributed by atoms with Gasteiger partial charge in [-0.3, -0.25) is 0 Å². The van der Waals surface area contributed by atoms with Crippen LogP contribution < -0.4 is 10.6 Å². The summed E-state index contributed by atoms with van der Waals surface area (Å²) in [5.41, 5.74) is 2.62. The quantitative estimate of drug-likeness (QED) is 0.891. The van der Waals surface area contributed by atoms with E-state index in [9.17, 15) is 0 Å². The molecule has 3 rings (SSSR count). The summed E-state index contributed by atoms with van der Waals surface area (Å²) < 4.78 is 0. The van der Waals surface area contributed by atoms with E-state index in [1.54, 1.807) is 0 Å². The zero-order chi connectivity index (χ0) is 14.5. The minimum absolute atomic E-state index is 0.649. The van der Waals surface area contributed by atoms with E-state index in [1.807, 2.05) is 0 Å². The predicted octanol–water partition coefficient (Wildman–Crippen LogP) is 2.87. The molecule has 21 heavy (non-hydrogen) atoms. The number of piperidine rings is 2. The molecule has 2 fully saturated rings. The molecule has 2 heterocycles. The Morgan fingerprint density at radius 2 is 1.90 bits per heavy atom. The lowest BCUT2D eigenvalue weighted by Crippen LogP contribution is -2.43. The third kappa shape index (κ3) is 4.45. The molecule has 1 aromatic carbocycles. The van der Waals surface area contributed by atoms with E-state index in [0.717, 1.165) is 5.92 Å². The number of hydrogen-bond donors (Lipinski definition) is 2. The van der Waals surface area contributed by atoms with Gasteiger partial charge in [-0.15, -0.1) is 0 Å². The third-order valence-corrected chi connectivity index (χ3v) is 4.95. The Morgan fingerprint density at radius 1 is 1.14 bits per heavy atom. The average Bonchev–Trinajstić information content (AvgIpc) is 2.50. The maximum atomic E-state index is 3.71. The first-order valence-electron chi connectivity index (χ1n) is 8.56. The molecule has 2 N–H and O–H groups in total. The first-order valence-corrected chi connectivity index (χ1v) is 8.56. The van der Waals surface area contributed by atoms with Crippen LogP contribution in [0.3, 0.4) is 0 Å². The van der Waals surface area contributed by atoms with Crippen LogP contribution in [0.4, 0.5) is 5.69 Å². The molecule has 0 aromatic heterocycles. The molecule has 0 atom stereocenters. The minimum Gasteiger partial charge on any atom is -0.382 e. The Bertz CT molecular complexity index is 432. The van der Waals surface area contributed by atoms with Crippen LogP contribution in [0.15, 0.2) is 24.3 Å². The van der Waals surface area contributed by atoms with E-state index in [4.69, 9.17) is 0 Å². The summed E-state index contributed by atoms with van der Waals surface area (Å²) in [6, 6.07) is 9.39. The summed E-state index contributed by atoms with van der Waals surface area (Å²) in [6.45, 7) is 8.43. The van der Waals surface area contributed by atoms with Crippen LogP contribution in [0.1, 0.15) is 31.2 Å². The van der Waals surface area contributed by atoms with Crippen LogP contribution in [0.5, 0.6) is 0 Å². The first-order chi connectivity index (χ1) is 10.3. The maximum Gasteiger partial charge on any atom is 0.0344 e. The lowest BCUT2D eigenvalue weighted by atomic mass is 9.96. The molecule has 0 spiro atoms. The highest BCUT2D eigenvalue weighted by Gasteiger charge is 2.22. The molecule has 0 unspecified atom stereocenters. The summed E-state index contributed by atoms with van der Waals surface area (Å²) in [4.78, 5) is 2.68. The second-order valence-corrected chi connectivity index (χ2v) is 6.78. The van der Waals surface area contributed by atoms with Gasteiger partial charge in [-0.05, 0) is 69.3 Å². The van der Waals surface area contributed by atoms with Crippen molar-refractivity contribution < 1.29 is 0 Å². The van der Waals surface area contributed by atoms with E-state index in [-0.39, 0.29) is 0 Å². The summed E-state index contributed by atoms with van der Waals surface area (Å²) in [7, 11) is 0. The molecule has 0 aliphatic carbocycles. The maximum absolute atomic E-state index is 3.71. The molecule has 1 aromatic rings. The zero-order valence-corrected chi connectivity index (χ0v) is 13.3. The van der Waals surface area contributed by atoms with Gasteiger partial charge in [0.25, 0.3) is 0 Å². The van der Waals surface area contributed by atoms with E-state index >= 15 is 0 Å². The highest BCUT2D eigenvalue weighted by molar-refractivity contribution is 5.46. The van der Waals surface area contributed by atoms with Crippen molar-refractivity contribution in [2.45, 2.75) is 38.6 Å². The van der Waals surface area contributed by atoms with Gasteiger partial charge in [0.15, 0.2) is 0 Å². The molecule has 0 saturated carbocycles. The van der Waals surface area contributed by atoms with Gasteiger partial charge < -0.3 is 15.5 Å². The van der Waals surface area contributed by atoms with Crippen molar-refractivity contribution in [1.29, 1.82) is 0 Å². The first kappa shape index (κ1) is 14.9. The van der Waals surface area contributed by atoms with Gasteiger partial charge in [-0.2, -0.15) is 0 Å². The lowest BCUT2D eigenvalue weighted by Gasteiger charge is -2.36. The van der Waals surface area contributed by atoms with Gasteiger partial charge in [-0.25, -0.2) is 0 Å². The van der Waals surface area contributed by atoms with Gasteiger partial charge in [0.2, 0.25) is 0 Å².